The van der Waals surface area contributed by atoms with Crippen LogP contribution in [0.1, 0.15) is 61.8 Å². The second kappa shape index (κ2) is 14.2. The average Bonchev–Trinajstić information content (AvgIpc) is 4.19. The number of fused-ring (bicyclic) bond motifs is 14. The van der Waals surface area contributed by atoms with E-state index in [1.807, 2.05) is 11.3 Å². The SMILES string of the molecule is CC1(C)c2ccccc2-c2cccc(-c3ccccc3-c3ccc(N(c4ccc(-c5cccc6sc7ccccc7c56)cc4)c4ccc5c(c4)C4(CC6CCC4C6)c4ccccc4-5)cc3)c21. The molecule has 66 heavy (non-hydrogen) atoms. The summed E-state index contributed by atoms with van der Waals surface area (Å²) in [6.07, 6.45) is 5.34. The van der Waals surface area contributed by atoms with Crippen LogP contribution >= 0.6 is 11.3 Å². The number of hydrogen-bond acceptors (Lipinski definition) is 2. The van der Waals surface area contributed by atoms with Gasteiger partial charge in [0.15, 0.2) is 0 Å². The molecule has 316 valence electrons. The van der Waals surface area contributed by atoms with Crippen LogP contribution in [0.5, 0.6) is 0 Å². The Morgan fingerprint density at radius 1 is 0.439 bits per heavy atom. The molecule has 0 N–H and O–H groups in total. The maximum atomic E-state index is 2.58. The van der Waals surface area contributed by atoms with Gasteiger partial charge in [0.2, 0.25) is 0 Å². The van der Waals surface area contributed by atoms with E-state index in [0.29, 0.717) is 5.92 Å². The second-order valence-corrected chi connectivity index (χ2v) is 21.1. The van der Waals surface area contributed by atoms with E-state index in [1.54, 1.807) is 5.56 Å². The molecule has 14 rings (SSSR count). The highest BCUT2D eigenvalue weighted by molar-refractivity contribution is 7.25. The summed E-state index contributed by atoms with van der Waals surface area (Å²) in [5.74, 6) is 1.52. The molecule has 1 aromatic heterocycles. The van der Waals surface area contributed by atoms with Crippen molar-refractivity contribution in [3.63, 3.8) is 0 Å². The van der Waals surface area contributed by atoms with Crippen LogP contribution in [0.2, 0.25) is 0 Å². The summed E-state index contributed by atoms with van der Waals surface area (Å²) in [6.45, 7) is 4.78. The average molecular weight is 864 g/mol. The van der Waals surface area contributed by atoms with Gasteiger partial charge in [0, 0.05) is 48.1 Å². The molecule has 9 aromatic carbocycles. The van der Waals surface area contributed by atoms with Gasteiger partial charge in [-0.15, -0.1) is 11.3 Å². The molecule has 2 bridgehead atoms. The third-order valence-electron chi connectivity index (χ3n) is 16.4. The first kappa shape index (κ1) is 38.3. The number of nitrogens with zero attached hydrogens (tertiary/aromatic N) is 1. The van der Waals surface area contributed by atoms with E-state index in [2.05, 4.69) is 219 Å². The minimum Gasteiger partial charge on any atom is -0.310 e. The van der Waals surface area contributed by atoms with Crippen LogP contribution in [0.4, 0.5) is 17.1 Å². The van der Waals surface area contributed by atoms with Gasteiger partial charge >= 0.3 is 0 Å². The van der Waals surface area contributed by atoms with Crippen molar-refractivity contribution in [3.8, 4) is 55.6 Å². The molecule has 2 saturated carbocycles. The van der Waals surface area contributed by atoms with Crippen LogP contribution in [-0.2, 0) is 10.8 Å². The molecule has 4 aliphatic rings. The highest BCUT2D eigenvalue weighted by Gasteiger charge is 2.56. The van der Waals surface area contributed by atoms with Gasteiger partial charge in [-0.3, -0.25) is 0 Å². The van der Waals surface area contributed by atoms with E-state index >= 15 is 0 Å². The van der Waals surface area contributed by atoms with Crippen molar-refractivity contribution < 1.29 is 0 Å². The van der Waals surface area contributed by atoms with Gasteiger partial charge in [0.05, 0.1) is 0 Å². The normalized spacial score (nSPS) is 19.3. The minimum atomic E-state index is -0.104. The number of anilines is 3. The van der Waals surface area contributed by atoms with Gasteiger partial charge < -0.3 is 4.90 Å². The Morgan fingerprint density at radius 2 is 0.985 bits per heavy atom. The summed E-state index contributed by atoms with van der Waals surface area (Å²) >= 11 is 1.88. The van der Waals surface area contributed by atoms with E-state index in [-0.39, 0.29) is 10.8 Å². The van der Waals surface area contributed by atoms with E-state index < -0.39 is 0 Å². The van der Waals surface area contributed by atoms with Gasteiger partial charge in [-0.25, -0.2) is 0 Å². The largest absolute Gasteiger partial charge is 0.310 e. The third-order valence-corrected chi connectivity index (χ3v) is 17.5. The molecule has 0 amide bonds. The zero-order valence-electron chi connectivity index (χ0n) is 37.4. The summed E-state index contributed by atoms with van der Waals surface area (Å²) < 4.78 is 2.67. The molecule has 1 spiro atoms. The Bertz CT molecular complexity index is 3590. The van der Waals surface area contributed by atoms with Crippen molar-refractivity contribution in [2.45, 2.75) is 50.4 Å². The lowest BCUT2D eigenvalue weighted by atomic mass is 9.67. The Morgan fingerprint density at radius 3 is 1.71 bits per heavy atom. The number of hydrogen-bond donors (Lipinski definition) is 0. The molecule has 0 saturated heterocycles. The van der Waals surface area contributed by atoms with Crippen LogP contribution in [0.15, 0.2) is 200 Å². The molecule has 3 atom stereocenters. The monoisotopic (exact) mass is 863 g/mol. The second-order valence-electron chi connectivity index (χ2n) is 20.0. The first-order chi connectivity index (χ1) is 32.5. The van der Waals surface area contributed by atoms with Crippen LogP contribution in [-0.4, -0.2) is 0 Å². The fourth-order valence-electron chi connectivity index (χ4n) is 13.6. The van der Waals surface area contributed by atoms with Crippen LogP contribution in [0, 0.1) is 11.8 Å². The van der Waals surface area contributed by atoms with Gasteiger partial charge in [-0.05, 0) is 158 Å². The lowest BCUT2D eigenvalue weighted by Crippen LogP contribution is -2.32. The summed E-state index contributed by atoms with van der Waals surface area (Å²) in [5, 5.41) is 2.68. The minimum absolute atomic E-state index is 0.101. The molecule has 2 fully saturated rings. The lowest BCUT2D eigenvalue weighted by molar-refractivity contribution is 0.327. The molecule has 2 heteroatoms. The maximum Gasteiger partial charge on any atom is 0.0465 e. The van der Waals surface area contributed by atoms with Gasteiger partial charge in [-0.1, -0.05) is 172 Å². The van der Waals surface area contributed by atoms with Crippen LogP contribution < -0.4 is 4.90 Å². The molecular formula is C64H49NS. The van der Waals surface area contributed by atoms with Crippen molar-refractivity contribution in [1.82, 2.24) is 0 Å². The summed E-state index contributed by atoms with van der Waals surface area (Å²) in [6, 6.07) is 76.0. The number of rotatable bonds is 6. The Labute approximate surface area is 391 Å². The maximum absolute atomic E-state index is 2.58. The molecule has 3 unspecified atom stereocenters. The highest BCUT2D eigenvalue weighted by Crippen LogP contribution is 2.66. The fraction of sp³-hybridized carbons (Fsp3) is 0.156. The molecule has 1 nitrogen and oxygen atoms in total. The van der Waals surface area contributed by atoms with Gasteiger partial charge in [0.1, 0.15) is 0 Å². The van der Waals surface area contributed by atoms with E-state index in [1.165, 1.54) is 124 Å². The quantitative estimate of drug-likeness (QED) is 0.161. The van der Waals surface area contributed by atoms with Crippen molar-refractivity contribution in [3.05, 3.63) is 222 Å². The molecule has 0 radical (unpaired) electrons. The van der Waals surface area contributed by atoms with Gasteiger partial charge in [0.25, 0.3) is 0 Å². The predicted octanol–water partition coefficient (Wildman–Crippen LogP) is 17.9. The molecular weight excluding hydrogens is 815 g/mol. The highest BCUT2D eigenvalue weighted by atomic mass is 32.1. The van der Waals surface area contributed by atoms with Crippen molar-refractivity contribution >= 4 is 48.6 Å². The smallest absolute Gasteiger partial charge is 0.0465 e. The van der Waals surface area contributed by atoms with Crippen molar-refractivity contribution in [2.24, 2.45) is 11.8 Å². The first-order valence-electron chi connectivity index (χ1n) is 23.9. The molecule has 1 heterocycles. The van der Waals surface area contributed by atoms with Crippen LogP contribution in [0.25, 0.3) is 75.8 Å². The van der Waals surface area contributed by atoms with Crippen LogP contribution in [0.3, 0.4) is 0 Å². The molecule has 10 aromatic rings. The Balaban J connectivity index is 0.901. The lowest BCUT2D eigenvalue weighted by Gasteiger charge is -2.37. The van der Waals surface area contributed by atoms with E-state index in [0.717, 1.165) is 17.3 Å². The predicted molar refractivity (Wildman–Crippen MR) is 280 cm³/mol. The van der Waals surface area contributed by atoms with Crippen molar-refractivity contribution in [1.29, 1.82) is 0 Å². The number of thiophene rings is 1. The zero-order chi connectivity index (χ0) is 43.7. The summed E-state index contributed by atoms with van der Waals surface area (Å²) in [4.78, 5) is 2.51. The summed E-state index contributed by atoms with van der Waals surface area (Å²) in [7, 11) is 0. The Hall–Kier alpha value is -7.00. The summed E-state index contributed by atoms with van der Waals surface area (Å²) in [5.41, 5.74) is 22.6. The zero-order valence-corrected chi connectivity index (χ0v) is 38.2. The molecule has 0 aliphatic heterocycles. The fourth-order valence-corrected chi connectivity index (χ4v) is 14.7. The van der Waals surface area contributed by atoms with E-state index in [9.17, 15) is 0 Å². The first-order valence-corrected chi connectivity index (χ1v) is 24.8. The van der Waals surface area contributed by atoms with Gasteiger partial charge in [-0.2, -0.15) is 0 Å². The topological polar surface area (TPSA) is 3.24 Å². The van der Waals surface area contributed by atoms with Crippen molar-refractivity contribution in [2.75, 3.05) is 4.90 Å². The molecule has 4 aliphatic carbocycles. The third kappa shape index (κ3) is 5.40. The Kier molecular flexibility index (Phi) is 8.27. The number of benzene rings is 9. The standard InChI is InChI=1S/C64H49NS/c1-63(2)56-21-8-5-16-51(56)54-20-11-19-53(62(54)63)49-14-4-3-13-47(49)41-26-31-44(32-27-41)65(45-33-28-42(29-34-45)48-18-12-24-60-61(48)55-17-7-10-23-59(55)66-60)46-35-36-52-50-15-6-9-22-57(50)64(58(52)38-46)39-40-25-30-43(64)37-40/h3-24,26-29,31-36,38,40,43H,25,30,37,39H2,1-2H3. The van der Waals surface area contributed by atoms with E-state index in [4.69, 9.17) is 0 Å².